The molecule has 0 aliphatic heterocycles. The number of alkyl carbamates (subject to hydrolysis) is 1. The number of halogens is 2. The van der Waals surface area contributed by atoms with Crippen LogP contribution in [-0.2, 0) is 25.1 Å². The van der Waals surface area contributed by atoms with Gasteiger partial charge in [-0.05, 0) is 54.9 Å². The van der Waals surface area contributed by atoms with E-state index in [-0.39, 0.29) is 36.4 Å². The van der Waals surface area contributed by atoms with Gasteiger partial charge in [-0.1, -0.05) is 58.5 Å². The molecule has 1 amide bonds. The van der Waals surface area contributed by atoms with Gasteiger partial charge in [0.05, 0.1) is 20.2 Å². The van der Waals surface area contributed by atoms with E-state index in [1.165, 1.54) is 0 Å². The van der Waals surface area contributed by atoms with E-state index in [2.05, 4.69) is 51.4 Å². The molecule has 2 N–H and O–H groups in total. The summed E-state index contributed by atoms with van der Waals surface area (Å²) >= 11 is 3.47. The van der Waals surface area contributed by atoms with Gasteiger partial charge in [-0.2, -0.15) is 10.6 Å². The molecule has 1 heterocycles. The summed E-state index contributed by atoms with van der Waals surface area (Å²) in [6.45, 7) is 16.6. The van der Waals surface area contributed by atoms with E-state index in [1.807, 2.05) is 13.8 Å². The number of pyridine rings is 1. The first-order chi connectivity index (χ1) is 17.1. The van der Waals surface area contributed by atoms with Crippen molar-refractivity contribution in [2.45, 2.75) is 91.6 Å². The average Bonchev–Trinajstić information content (AvgIpc) is 2.79. The number of amidine groups is 1. The number of nitrogens with one attached hydrogen (secondary N) is 1. The molecule has 0 aliphatic carbocycles. The molecule has 212 valence electrons. The molecule has 0 spiro atoms. The summed E-state index contributed by atoms with van der Waals surface area (Å²) in [5, 5.41) is 12.5. The Labute approximate surface area is 232 Å². The van der Waals surface area contributed by atoms with Gasteiger partial charge in [0.1, 0.15) is 27.6 Å². The van der Waals surface area contributed by atoms with Gasteiger partial charge in [0.25, 0.3) is 0 Å². The molecule has 12 heteroatoms. The highest BCUT2D eigenvalue weighted by atomic mass is 79.9. The highest BCUT2D eigenvalue weighted by molar-refractivity contribution is 9.10. The number of hydrogen-bond acceptors (Lipinski definition) is 8. The van der Waals surface area contributed by atoms with Crippen LogP contribution in [-0.4, -0.2) is 54.6 Å². The Morgan fingerprint density at radius 3 is 2.27 bits per heavy atom. The van der Waals surface area contributed by atoms with Crippen LogP contribution < -0.4 is 10.5 Å². The Morgan fingerprint density at radius 2 is 1.81 bits per heavy atom. The molecule has 0 radical (unpaired) electrons. The number of hydrogen-bond donors (Lipinski definition) is 2. The van der Waals surface area contributed by atoms with Crippen LogP contribution in [0, 0.1) is 11.7 Å². The lowest BCUT2D eigenvalue weighted by molar-refractivity contribution is 0.0560. The largest absolute Gasteiger partial charge is 0.444 e. The molecule has 37 heavy (non-hydrogen) atoms. The van der Waals surface area contributed by atoms with Crippen molar-refractivity contribution in [3.8, 4) is 0 Å². The fourth-order valence-electron chi connectivity index (χ4n) is 4.12. The summed E-state index contributed by atoms with van der Waals surface area (Å²) in [7, 11) is -3.96. The molecule has 0 fully saturated rings. The number of aliphatic hydroxyl groups excluding tert-OH is 1. The lowest BCUT2D eigenvalue weighted by atomic mass is 9.99. The van der Waals surface area contributed by atoms with Crippen LogP contribution >= 0.6 is 15.9 Å². The smallest absolute Gasteiger partial charge is 0.413 e. The summed E-state index contributed by atoms with van der Waals surface area (Å²) in [5.74, 6) is -0.646. The number of aliphatic imine (C=N–C) groups is 1. The van der Waals surface area contributed by atoms with Gasteiger partial charge in [0.15, 0.2) is 0 Å². The number of carbonyl (C=O) groups is 1. The number of aromatic nitrogens is 1. The average molecular weight is 623 g/mol. The van der Waals surface area contributed by atoms with Crippen molar-refractivity contribution in [3.63, 3.8) is 0 Å². The Bertz CT molecular complexity index is 1050. The van der Waals surface area contributed by atoms with Crippen molar-refractivity contribution in [1.82, 2.24) is 10.3 Å². The first kappa shape index (κ1) is 33.7. The number of nitrogens with zero attached hydrogens (tertiary/aromatic N) is 3. The zero-order valence-electron chi connectivity index (χ0n) is 23.6. The number of aliphatic hydroxyl groups is 1. The SMILES string of the molecule is CC[Si](CC)(CC)c1cc(Br)nc([C@](C)(C[S-](=O)=NCCO)N=C(NC(=O)OC(C)(C)C)C(C)C)c1F. The van der Waals surface area contributed by atoms with Crippen LogP contribution in [0.3, 0.4) is 0 Å². The predicted molar refractivity (Wildman–Crippen MR) is 155 cm³/mol. The highest BCUT2D eigenvalue weighted by Crippen LogP contribution is 2.32. The van der Waals surface area contributed by atoms with Crippen molar-refractivity contribution < 1.29 is 23.2 Å². The molecule has 8 nitrogen and oxygen atoms in total. The minimum Gasteiger partial charge on any atom is -0.444 e. The highest BCUT2D eigenvalue weighted by Gasteiger charge is 2.38. The molecule has 0 saturated carbocycles. The molecule has 1 atom stereocenters. The van der Waals surface area contributed by atoms with Gasteiger partial charge in [0.2, 0.25) is 0 Å². The Balaban J connectivity index is 3.89. The second-order valence-corrected chi connectivity index (χ2v) is 17.8. The second-order valence-electron chi connectivity index (χ2n) is 10.6. The summed E-state index contributed by atoms with van der Waals surface area (Å²) in [6, 6.07) is 4.35. The van der Waals surface area contributed by atoms with Crippen molar-refractivity contribution in [3.05, 3.63) is 22.2 Å². The van der Waals surface area contributed by atoms with Crippen molar-refractivity contribution in [2.75, 3.05) is 18.9 Å². The monoisotopic (exact) mass is 621 g/mol. The maximum absolute atomic E-state index is 16.4. The van der Waals surface area contributed by atoms with Crippen LogP contribution in [0.25, 0.3) is 0 Å². The van der Waals surface area contributed by atoms with Gasteiger partial charge in [-0.15, -0.1) is 0 Å². The van der Waals surface area contributed by atoms with E-state index < -0.39 is 41.7 Å². The summed E-state index contributed by atoms with van der Waals surface area (Å²) in [4.78, 5) is 21.8. The fraction of sp³-hybridized carbons (Fsp3) is 0.720. The molecule has 0 unspecified atom stereocenters. The third-order valence-corrected chi connectivity index (χ3v) is 13.6. The summed E-state index contributed by atoms with van der Waals surface area (Å²) in [5.41, 5.74) is -2.11. The number of amides is 1. The molecule has 1 aromatic rings. The van der Waals surface area contributed by atoms with Gasteiger partial charge >= 0.3 is 6.09 Å². The quantitative estimate of drug-likeness (QED) is 0.109. The van der Waals surface area contributed by atoms with E-state index in [9.17, 15) is 9.00 Å². The van der Waals surface area contributed by atoms with Gasteiger partial charge < -0.3 is 18.4 Å². The van der Waals surface area contributed by atoms with Gasteiger partial charge in [0, 0.05) is 12.5 Å². The minimum absolute atomic E-state index is 0.0171. The minimum atomic E-state index is -2.17. The zero-order valence-corrected chi connectivity index (χ0v) is 27.0. The Hall–Kier alpha value is -1.37. The van der Waals surface area contributed by atoms with Crippen LogP contribution in [0.4, 0.5) is 9.18 Å². The lowest BCUT2D eigenvalue weighted by Gasteiger charge is -2.34. The van der Waals surface area contributed by atoms with Crippen LogP contribution in [0.1, 0.15) is 68.0 Å². The number of ether oxygens (including phenoxy) is 1. The lowest BCUT2D eigenvalue weighted by Crippen LogP contribution is -2.49. The van der Waals surface area contributed by atoms with E-state index in [1.54, 1.807) is 33.8 Å². The third kappa shape index (κ3) is 9.40. The summed E-state index contributed by atoms with van der Waals surface area (Å²) < 4.78 is 39.2. The molecule has 0 saturated heterocycles. The molecular weight excluding hydrogens is 579 g/mol. The summed E-state index contributed by atoms with van der Waals surface area (Å²) in [6.07, 6.45) is -0.689. The van der Waals surface area contributed by atoms with E-state index in [0.29, 0.717) is 9.79 Å². The zero-order chi connectivity index (χ0) is 28.6. The van der Waals surface area contributed by atoms with Crippen molar-refractivity contribution >= 4 is 51.7 Å². The number of rotatable bonds is 11. The van der Waals surface area contributed by atoms with Gasteiger partial charge in [-0.3, -0.25) is 10.3 Å². The molecule has 1 rings (SSSR count). The molecule has 1 aromatic heterocycles. The second kappa shape index (κ2) is 14.1. The fourth-order valence-corrected chi connectivity index (χ4v) is 9.47. The first-order valence-corrected chi connectivity index (χ1v) is 17.4. The van der Waals surface area contributed by atoms with Crippen LogP contribution in [0.5, 0.6) is 0 Å². The van der Waals surface area contributed by atoms with Crippen LogP contribution in [0.15, 0.2) is 20.0 Å². The standard InChI is InChI=1S/C25H43BrFN4O4SSi/c1-10-37(11-2,12-3)18-15-19(26)29-21(20(18)27)25(9,16-36(34)28-13-14-32)31-22(17(4)5)30-23(33)35-24(6,7)8/h15,17,32H,10-14,16H2,1-9H3,(H,30,31,33)/q-1/t25-/m0/s1. The maximum atomic E-state index is 16.4. The topological polar surface area (TPSA) is 113 Å². The van der Waals surface area contributed by atoms with Gasteiger partial charge in [-0.25, -0.2) is 14.2 Å². The first-order valence-electron chi connectivity index (χ1n) is 12.7. The van der Waals surface area contributed by atoms with Crippen molar-refractivity contribution in [1.29, 1.82) is 0 Å². The van der Waals surface area contributed by atoms with E-state index >= 15 is 4.39 Å². The molecule has 0 aromatic carbocycles. The van der Waals surface area contributed by atoms with Crippen molar-refractivity contribution in [2.24, 2.45) is 15.3 Å². The Kier molecular flexibility index (Phi) is 12.9. The molecule has 0 aliphatic rings. The van der Waals surface area contributed by atoms with Crippen LogP contribution in [0.2, 0.25) is 18.1 Å². The predicted octanol–water partition coefficient (Wildman–Crippen LogP) is 5.63. The normalized spacial score (nSPS) is 15.5. The van der Waals surface area contributed by atoms with E-state index in [4.69, 9.17) is 14.8 Å². The molecular formula is C25H43BrFN4O4SSi-. The third-order valence-electron chi connectivity index (χ3n) is 6.32. The Morgan fingerprint density at radius 1 is 1.24 bits per heavy atom. The number of carbonyl (C=O) groups excluding carboxylic acids is 1. The van der Waals surface area contributed by atoms with E-state index in [0.717, 1.165) is 18.1 Å². The molecule has 0 bridgehead atoms. The maximum Gasteiger partial charge on any atom is 0.413 e.